The molecule has 2 rings (SSSR count). The molecule has 0 saturated heterocycles. The average Bonchev–Trinajstić information content (AvgIpc) is 2.61. The number of carbonyl (C=O) groups is 1. The van der Waals surface area contributed by atoms with E-state index in [4.69, 9.17) is 9.47 Å². The highest BCUT2D eigenvalue weighted by Crippen LogP contribution is 2.27. The Morgan fingerprint density at radius 3 is 2.50 bits per heavy atom. The van der Waals surface area contributed by atoms with Gasteiger partial charge in [0.05, 0.1) is 11.5 Å². The van der Waals surface area contributed by atoms with Gasteiger partial charge in [-0.3, -0.25) is 14.9 Å². The second-order valence-electron chi connectivity index (χ2n) is 5.48. The number of nitro benzene ring substituents is 1. The van der Waals surface area contributed by atoms with Gasteiger partial charge in [-0.15, -0.1) is 0 Å². The number of carbonyl (C=O) groups excluding carboxylic acids is 1. The van der Waals surface area contributed by atoms with Crippen LogP contribution in [0.1, 0.15) is 12.5 Å². The number of amides is 1. The smallest absolute Gasteiger partial charge is 0.311 e. The van der Waals surface area contributed by atoms with E-state index in [1.807, 2.05) is 31.2 Å². The fraction of sp³-hybridized carbons (Fsp3) is 0.278. The molecule has 2 aromatic carbocycles. The van der Waals surface area contributed by atoms with Gasteiger partial charge in [-0.05, 0) is 30.7 Å². The van der Waals surface area contributed by atoms with Gasteiger partial charge in [0, 0.05) is 25.7 Å². The summed E-state index contributed by atoms with van der Waals surface area (Å²) in [5.41, 5.74) is 0.495. The normalized spacial score (nSPS) is 10.3. The summed E-state index contributed by atoms with van der Waals surface area (Å²) in [5.74, 6) is -0.608. The molecule has 8 heteroatoms. The first-order chi connectivity index (χ1) is 12.4. The molecule has 0 bridgehead atoms. The summed E-state index contributed by atoms with van der Waals surface area (Å²) >= 11 is 0. The molecule has 0 aromatic heterocycles. The van der Waals surface area contributed by atoms with Gasteiger partial charge in [0.1, 0.15) is 11.6 Å². The highest BCUT2D eigenvalue weighted by atomic mass is 19.1. The van der Waals surface area contributed by atoms with Crippen molar-refractivity contribution in [3.8, 4) is 11.5 Å². The van der Waals surface area contributed by atoms with Crippen molar-refractivity contribution < 1.29 is 23.6 Å². The van der Waals surface area contributed by atoms with Crippen LogP contribution in [0.4, 0.5) is 10.1 Å². The van der Waals surface area contributed by atoms with Crippen LogP contribution >= 0.6 is 0 Å². The summed E-state index contributed by atoms with van der Waals surface area (Å²) in [4.78, 5) is 23.8. The average molecular weight is 362 g/mol. The predicted molar refractivity (Wildman–Crippen MR) is 92.6 cm³/mol. The predicted octanol–water partition coefficient (Wildman–Crippen LogP) is 3.17. The molecule has 0 atom stereocenters. The Kier molecular flexibility index (Phi) is 6.48. The molecular formula is C18H19FN2O5. The number of nitro groups is 1. The SMILES string of the molecule is CCOc1ccc(CN(C)C(=O)COc2cc(F)ccc2[N+](=O)[O-])cc1. The van der Waals surface area contributed by atoms with E-state index in [0.29, 0.717) is 13.2 Å². The van der Waals surface area contributed by atoms with Gasteiger partial charge in [0.2, 0.25) is 5.75 Å². The van der Waals surface area contributed by atoms with Crippen LogP contribution in [-0.2, 0) is 11.3 Å². The summed E-state index contributed by atoms with van der Waals surface area (Å²) in [6, 6.07) is 10.1. The lowest BCUT2D eigenvalue weighted by Gasteiger charge is -2.18. The zero-order valence-electron chi connectivity index (χ0n) is 14.5. The fourth-order valence-corrected chi connectivity index (χ4v) is 2.22. The number of likely N-dealkylation sites (N-methyl/N-ethyl adjacent to an activating group) is 1. The molecule has 138 valence electrons. The van der Waals surface area contributed by atoms with E-state index in [1.54, 1.807) is 7.05 Å². The van der Waals surface area contributed by atoms with Crippen molar-refractivity contribution in [1.82, 2.24) is 4.90 Å². The fourth-order valence-electron chi connectivity index (χ4n) is 2.22. The lowest BCUT2D eigenvalue weighted by atomic mass is 10.2. The minimum absolute atomic E-state index is 0.280. The molecule has 0 saturated carbocycles. The standard InChI is InChI=1S/C18H19FN2O5/c1-3-25-15-7-4-13(5-8-15)11-20(2)18(22)12-26-17-10-14(19)6-9-16(17)21(23)24/h4-10H,3,11-12H2,1-2H3. The molecule has 0 fully saturated rings. The number of hydrogen-bond acceptors (Lipinski definition) is 5. The molecular weight excluding hydrogens is 343 g/mol. The quantitative estimate of drug-likeness (QED) is 0.532. The van der Waals surface area contributed by atoms with E-state index < -0.39 is 28.9 Å². The van der Waals surface area contributed by atoms with E-state index in [-0.39, 0.29) is 5.75 Å². The van der Waals surface area contributed by atoms with E-state index in [2.05, 4.69) is 0 Å². The molecule has 0 aliphatic rings. The third kappa shape index (κ3) is 5.17. The Labute approximate surface area is 150 Å². The van der Waals surface area contributed by atoms with E-state index in [0.717, 1.165) is 29.5 Å². The van der Waals surface area contributed by atoms with Gasteiger partial charge in [0.25, 0.3) is 5.91 Å². The van der Waals surface area contributed by atoms with Gasteiger partial charge in [0.15, 0.2) is 6.61 Å². The molecule has 0 radical (unpaired) electrons. The zero-order valence-corrected chi connectivity index (χ0v) is 14.5. The van der Waals surface area contributed by atoms with Gasteiger partial charge < -0.3 is 14.4 Å². The number of hydrogen-bond donors (Lipinski definition) is 0. The Bertz CT molecular complexity index is 780. The summed E-state index contributed by atoms with van der Waals surface area (Å²) in [6.07, 6.45) is 0. The maximum atomic E-state index is 13.3. The maximum Gasteiger partial charge on any atom is 0.311 e. The summed E-state index contributed by atoms with van der Waals surface area (Å²) in [6.45, 7) is 2.36. The second-order valence-corrected chi connectivity index (χ2v) is 5.48. The van der Waals surface area contributed by atoms with Crippen molar-refractivity contribution in [2.45, 2.75) is 13.5 Å². The highest BCUT2D eigenvalue weighted by molar-refractivity contribution is 5.77. The van der Waals surface area contributed by atoms with Crippen molar-refractivity contribution in [2.75, 3.05) is 20.3 Å². The van der Waals surface area contributed by atoms with Crippen LogP contribution in [-0.4, -0.2) is 36.0 Å². The van der Waals surface area contributed by atoms with Crippen LogP contribution in [0.3, 0.4) is 0 Å². The van der Waals surface area contributed by atoms with Crippen molar-refractivity contribution in [3.05, 3.63) is 64.0 Å². The van der Waals surface area contributed by atoms with Crippen LogP contribution in [0.5, 0.6) is 11.5 Å². The van der Waals surface area contributed by atoms with Crippen molar-refractivity contribution in [1.29, 1.82) is 0 Å². The molecule has 7 nitrogen and oxygen atoms in total. The van der Waals surface area contributed by atoms with Crippen LogP contribution < -0.4 is 9.47 Å². The van der Waals surface area contributed by atoms with Gasteiger partial charge in [-0.25, -0.2) is 4.39 Å². The Morgan fingerprint density at radius 1 is 1.19 bits per heavy atom. The number of nitrogens with zero attached hydrogens (tertiary/aromatic N) is 2. The minimum atomic E-state index is -0.692. The molecule has 0 aliphatic heterocycles. The third-order valence-corrected chi connectivity index (χ3v) is 3.55. The molecule has 0 unspecified atom stereocenters. The van der Waals surface area contributed by atoms with Crippen molar-refractivity contribution >= 4 is 11.6 Å². The van der Waals surface area contributed by atoms with Gasteiger partial charge >= 0.3 is 5.69 Å². The molecule has 2 aromatic rings. The summed E-state index contributed by atoms with van der Waals surface area (Å²) in [5, 5.41) is 10.9. The van der Waals surface area contributed by atoms with Crippen LogP contribution in [0.25, 0.3) is 0 Å². The lowest BCUT2D eigenvalue weighted by molar-refractivity contribution is -0.385. The van der Waals surface area contributed by atoms with Crippen LogP contribution in [0.2, 0.25) is 0 Å². The van der Waals surface area contributed by atoms with Gasteiger partial charge in [-0.1, -0.05) is 12.1 Å². The van der Waals surface area contributed by atoms with E-state index in [9.17, 15) is 19.3 Å². The Balaban J connectivity index is 1.95. The van der Waals surface area contributed by atoms with Crippen LogP contribution in [0, 0.1) is 15.9 Å². The number of ether oxygens (including phenoxy) is 2. The monoisotopic (exact) mass is 362 g/mol. The largest absolute Gasteiger partial charge is 0.494 e. The Hall–Kier alpha value is -3.16. The first-order valence-electron chi connectivity index (χ1n) is 7.93. The molecule has 0 aliphatic carbocycles. The van der Waals surface area contributed by atoms with Crippen molar-refractivity contribution in [3.63, 3.8) is 0 Å². The summed E-state index contributed by atoms with van der Waals surface area (Å²) < 4.78 is 23.8. The Morgan fingerprint density at radius 2 is 1.88 bits per heavy atom. The summed E-state index contributed by atoms with van der Waals surface area (Å²) in [7, 11) is 1.59. The third-order valence-electron chi connectivity index (χ3n) is 3.55. The van der Waals surface area contributed by atoms with E-state index in [1.165, 1.54) is 4.90 Å². The number of benzene rings is 2. The topological polar surface area (TPSA) is 81.9 Å². The maximum absolute atomic E-state index is 13.3. The first-order valence-corrected chi connectivity index (χ1v) is 7.93. The van der Waals surface area contributed by atoms with Gasteiger partial charge in [-0.2, -0.15) is 0 Å². The first kappa shape index (κ1) is 19.2. The molecule has 26 heavy (non-hydrogen) atoms. The van der Waals surface area contributed by atoms with Crippen molar-refractivity contribution in [2.24, 2.45) is 0 Å². The van der Waals surface area contributed by atoms with E-state index >= 15 is 0 Å². The molecule has 0 heterocycles. The second kappa shape index (κ2) is 8.80. The molecule has 0 spiro atoms. The van der Waals surface area contributed by atoms with Crippen LogP contribution in [0.15, 0.2) is 42.5 Å². The minimum Gasteiger partial charge on any atom is -0.494 e. The number of halogens is 1. The lowest BCUT2D eigenvalue weighted by Crippen LogP contribution is -2.31. The molecule has 0 N–H and O–H groups in total. The molecule has 1 amide bonds. The highest BCUT2D eigenvalue weighted by Gasteiger charge is 2.18. The number of rotatable bonds is 8. The zero-order chi connectivity index (χ0) is 19.1.